The van der Waals surface area contributed by atoms with Crippen molar-refractivity contribution in [1.82, 2.24) is 4.72 Å². The number of hydrogen-bond donors (Lipinski definition) is 5. The van der Waals surface area contributed by atoms with Crippen molar-refractivity contribution >= 4 is 20.5 Å². The highest BCUT2D eigenvalue weighted by Crippen LogP contribution is 2.22. The van der Waals surface area contributed by atoms with Gasteiger partial charge in [0.2, 0.25) is 0 Å². The lowest BCUT2D eigenvalue weighted by Gasteiger charge is -2.41. The third kappa shape index (κ3) is 5.70. The van der Waals surface area contributed by atoms with Crippen LogP contribution < -0.4 is 15.0 Å². The van der Waals surface area contributed by atoms with E-state index >= 15 is 0 Å². The SMILES string of the molecule is CO[C@H]1O[C@H](COS(N)(=O)=O)[C@@H](O)[C@H](O)[C@H]1NS(N)(=O)=O. The normalized spacial score (nSPS) is 34.8. The molecule has 0 unspecified atom stereocenters. The molecule has 0 amide bonds. The second-order valence-electron chi connectivity index (χ2n) is 4.23. The van der Waals surface area contributed by atoms with Gasteiger partial charge in [-0.05, 0) is 0 Å². The fourth-order valence-electron chi connectivity index (χ4n) is 1.75. The molecule has 0 bridgehead atoms. The summed E-state index contributed by atoms with van der Waals surface area (Å²) in [4.78, 5) is 0. The largest absolute Gasteiger partial charge is 0.388 e. The highest BCUT2D eigenvalue weighted by Gasteiger charge is 2.46. The van der Waals surface area contributed by atoms with Gasteiger partial charge in [-0.1, -0.05) is 0 Å². The summed E-state index contributed by atoms with van der Waals surface area (Å²) >= 11 is 0. The number of ether oxygens (including phenoxy) is 2. The first kappa shape index (κ1) is 18.6. The van der Waals surface area contributed by atoms with Crippen LogP contribution >= 0.6 is 0 Å². The fourth-order valence-corrected chi connectivity index (χ4v) is 2.70. The number of nitrogens with one attached hydrogen (secondary N) is 1. The van der Waals surface area contributed by atoms with Gasteiger partial charge in [-0.3, -0.25) is 4.18 Å². The van der Waals surface area contributed by atoms with Crippen LogP contribution in [-0.4, -0.2) is 71.4 Å². The third-order valence-electron chi connectivity index (χ3n) is 2.63. The van der Waals surface area contributed by atoms with Crippen LogP contribution in [-0.2, 0) is 34.2 Å². The predicted molar refractivity (Wildman–Crippen MR) is 66.8 cm³/mol. The topological polar surface area (TPSA) is 200 Å². The quantitative estimate of drug-likeness (QED) is 0.312. The maximum Gasteiger partial charge on any atom is 0.333 e. The van der Waals surface area contributed by atoms with E-state index in [1.807, 2.05) is 4.72 Å². The van der Waals surface area contributed by atoms with Gasteiger partial charge < -0.3 is 19.7 Å². The highest BCUT2D eigenvalue weighted by atomic mass is 32.2. The van der Waals surface area contributed by atoms with Crippen LogP contribution in [0.15, 0.2) is 0 Å². The van der Waals surface area contributed by atoms with Gasteiger partial charge >= 0.3 is 10.3 Å². The van der Waals surface area contributed by atoms with E-state index in [2.05, 4.69) is 9.32 Å². The number of nitrogens with two attached hydrogens (primary N) is 2. The molecule has 126 valence electrons. The summed E-state index contributed by atoms with van der Waals surface area (Å²) in [7, 11) is -7.34. The summed E-state index contributed by atoms with van der Waals surface area (Å²) < 4.78 is 59.4. The van der Waals surface area contributed by atoms with E-state index in [1.165, 1.54) is 0 Å². The van der Waals surface area contributed by atoms with Crippen molar-refractivity contribution in [2.75, 3.05) is 13.7 Å². The molecule has 0 aromatic rings. The average molecular weight is 351 g/mol. The first-order valence-electron chi connectivity index (χ1n) is 5.46. The Labute approximate surface area is 121 Å². The molecule has 7 N–H and O–H groups in total. The number of aliphatic hydroxyl groups excluding tert-OH is 2. The van der Waals surface area contributed by atoms with Gasteiger partial charge in [0.05, 0.1) is 6.61 Å². The van der Waals surface area contributed by atoms with Crippen LogP contribution in [0.2, 0.25) is 0 Å². The van der Waals surface area contributed by atoms with Crippen LogP contribution in [0.4, 0.5) is 0 Å². The first-order chi connectivity index (χ1) is 9.44. The Bertz CT molecular complexity index is 546. The molecule has 1 aliphatic heterocycles. The van der Waals surface area contributed by atoms with E-state index in [1.54, 1.807) is 0 Å². The van der Waals surface area contributed by atoms with E-state index in [0.29, 0.717) is 0 Å². The maximum absolute atomic E-state index is 11.0. The first-order valence-corrected chi connectivity index (χ1v) is 8.48. The van der Waals surface area contributed by atoms with Crippen molar-refractivity contribution in [3.63, 3.8) is 0 Å². The Kier molecular flexibility index (Phi) is 6.01. The predicted octanol–water partition coefficient (Wildman–Crippen LogP) is -4.54. The Morgan fingerprint density at radius 2 is 1.76 bits per heavy atom. The molecule has 0 spiro atoms. The molecule has 0 aromatic heterocycles. The Hall–Kier alpha value is -0.420. The molecule has 1 fully saturated rings. The second-order valence-corrected chi connectivity index (χ2v) is 6.77. The molecule has 0 saturated carbocycles. The van der Waals surface area contributed by atoms with Gasteiger partial charge in [0.15, 0.2) is 6.29 Å². The lowest BCUT2D eigenvalue weighted by Crippen LogP contribution is -2.65. The van der Waals surface area contributed by atoms with Gasteiger partial charge in [0.1, 0.15) is 24.4 Å². The van der Waals surface area contributed by atoms with Gasteiger partial charge in [-0.2, -0.15) is 21.6 Å². The molecule has 21 heavy (non-hydrogen) atoms. The number of aliphatic hydroxyl groups is 2. The zero-order valence-electron chi connectivity index (χ0n) is 10.8. The van der Waals surface area contributed by atoms with E-state index < -0.39 is 57.8 Å². The molecule has 14 heteroatoms. The monoisotopic (exact) mass is 351 g/mol. The molecule has 1 aliphatic rings. The standard InChI is InChI=1S/C7H17N3O9S2/c1-17-7-4(10-20(8,13)14)6(12)5(11)3(19-7)2-18-21(9,15)16/h3-7,10-12H,2H2,1H3,(H2,8,13,14)(H2,9,15,16)/t3-,4-,5-,6-,7+/m1/s1. The third-order valence-corrected chi connectivity index (χ3v) is 3.70. The van der Waals surface area contributed by atoms with Crippen LogP contribution in [0.3, 0.4) is 0 Å². The van der Waals surface area contributed by atoms with Crippen molar-refractivity contribution < 1.29 is 40.7 Å². The van der Waals surface area contributed by atoms with Crippen molar-refractivity contribution in [1.29, 1.82) is 0 Å². The van der Waals surface area contributed by atoms with Gasteiger partial charge in [0, 0.05) is 7.11 Å². The summed E-state index contributed by atoms with van der Waals surface area (Å²) in [6.45, 7) is -0.695. The summed E-state index contributed by atoms with van der Waals surface area (Å²) in [5.41, 5.74) is 0. The van der Waals surface area contributed by atoms with E-state index in [-0.39, 0.29) is 0 Å². The smallest absolute Gasteiger partial charge is 0.333 e. The highest BCUT2D eigenvalue weighted by molar-refractivity contribution is 7.87. The summed E-state index contributed by atoms with van der Waals surface area (Å²) in [6, 6.07) is -1.40. The summed E-state index contributed by atoms with van der Waals surface area (Å²) in [6.07, 6.45) is -6.01. The summed E-state index contributed by atoms with van der Waals surface area (Å²) in [5, 5.41) is 29.1. The van der Waals surface area contributed by atoms with Crippen molar-refractivity contribution in [2.45, 2.75) is 30.6 Å². The number of hydrogen-bond acceptors (Lipinski definition) is 9. The Morgan fingerprint density at radius 3 is 2.19 bits per heavy atom. The Balaban J connectivity index is 2.84. The van der Waals surface area contributed by atoms with E-state index in [0.717, 1.165) is 7.11 Å². The van der Waals surface area contributed by atoms with E-state index in [9.17, 15) is 27.0 Å². The van der Waals surface area contributed by atoms with Gasteiger partial charge in [-0.25, -0.2) is 10.3 Å². The van der Waals surface area contributed by atoms with E-state index in [4.69, 9.17) is 14.6 Å². The minimum atomic E-state index is -4.28. The molecule has 5 atom stereocenters. The molecular formula is C7H17N3O9S2. The van der Waals surface area contributed by atoms with Crippen molar-refractivity contribution in [2.24, 2.45) is 10.3 Å². The Morgan fingerprint density at radius 1 is 1.19 bits per heavy atom. The van der Waals surface area contributed by atoms with Crippen molar-refractivity contribution in [3.05, 3.63) is 0 Å². The molecule has 0 radical (unpaired) electrons. The molecule has 12 nitrogen and oxygen atoms in total. The number of rotatable bonds is 6. The molecule has 1 saturated heterocycles. The molecule has 0 aromatic carbocycles. The fraction of sp³-hybridized carbons (Fsp3) is 1.00. The van der Waals surface area contributed by atoms with Gasteiger partial charge in [-0.15, -0.1) is 0 Å². The van der Waals surface area contributed by atoms with Gasteiger partial charge in [0.25, 0.3) is 10.2 Å². The second kappa shape index (κ2) is 6.78. The van der Waals surface area contributed by atoms with Crippen LogP contribution in [0, 0.1) is 0 Å². The lowest BCUT2D eigenvalue weighted by molar-refractivity contribution is -0.258. The summed E-state index contributed by atoms with van der Waals surface area (Å²) in [5.74, 6) is 0. The molecule has 1 rings (SSSR count). The lowest BCUT2D eigenvalue weighted by atomic mass is 9.98. The maximum atomic E-state index is 11.0. The van der Waals surface area contributed by atoms with Crippen LogP contribution in [0.25, 0.3) is 0 Å². The minimum Gasteiger partial charge on any atom is -0.388 e. The minimum absolute atomic E-state index is 0.695. The average Bonchev–Trinajstić information content (AvgIpc) is 2.31. The molecular weight excluding hydrogens is 334 g/mol. The van der Waals surface area contributed by atoms with Crippen molar-refractivity contribution in [3.8, 4) is 0 Å². The van der Waals surface area contributed by atoms with Crippen LogP contribution in [0.1, 0.15) is 0 Å². The zero-order valence-corrected chi connectivity index (χ0v) is 12.5. The zero-order chi connectivity index (χ0) is 16.4. The molecule has 0 aliphatic carbocycles. The van der Waals surface area contributed by atoms with Crippen LogP contribution in [0.5, 0.6) is 0 Å². The number of methoxy groups -OCH3 is 1. The molecule has 1 heterocycles.